The second-order valence-electron chi connectivity index (χ2n) is 6.79. The van der Waals surface area contributed by atoms with Crippen molar-refractivity contribution in [2.24, 2.45) is 4.99 Å². The van der Waals surface area contributed by atoms with Gasteiger partial charge in [-0.05, 0) is 44.5 Å². The predicted molar refractivity (Wildman–Crippen MR) is 107 cm³/mol. The summed E-state index contributed by atoms with van der Waals surface area (Å²) in [5.74, 6) is 0.842. The Morgan fingerprint density at radius 3 is 2.62 bits per heavy atom. The Labute approximate surface area is 157 Å². The smallest absolute Gasteiger partial charge is 0.241 e. The lowest BCUT2D eigenvalue weighted by molar-refractivity contribution is -0.128. The third-order valence-corrected chi connectivity index (χ3v) is 4.61. The van der Waals surface area contributed by atoms with E-state index in [1.165, 1.54) is 11.1 Å². The van der Waals surface area contributed by atoms with Crippen LogP contribution in [0.15, 0.2) is 29.3 Å². The van der Waals surface area contributed by atoms with Gasteiger partial charge in [0.05, 0.1) is 13.1 Å². The zero-order valence-corrected chi connectivity index (χ0v) is 16.4. The highest BCUT2D eigenvalue weighted by Crippen LogP contribution is 2.09. The van der Waals surface area contributed by atoms with Crippen LogP contribution in [0.25, 0.3) is 0 Å². The Hall–Kier alpha value is -2.08. The maximum atomic E-state index is 12.2. The SMILES string of the molecule is CCNC(=NCc1cccc(CN(C)CC)c1)NCC(=O)N1CCCC1. The van der Waals surface area contributed by atoms with Crippen molar-refractivity contribution in [1.82, 2.24) is 20.4 Å². The van der Waals surface area contributed by atoms with Gasteiger partial charge < -0.3 is 20.4 Å². The van der Waals surface area contributed by atoms with Crippen LogP contribution in [0.4, 0.5) is 0 Å². The van der Waals surface area contributed by atoms with Crippen molar-refractivity contribution >= 4 is 11.9 Å². The van der Waals surface area contributed by atoms with Gasteiger partial charge in [-0.25, -0.2) is 4.99 Å². The number of aliphatic imine (C=N–C) groups is 1. The van der Waals surface area contributed by atoms with Crippen molar-refractivity contribution in [3.8, 4) is 0 Å². The maximum Gasteiger partial charge on any atom is 0.241 e. The van der Waals surface area contributed by atoms with Gasteiger partial charge in [-0.15, -0.1) is 0 Å². The van der Waals surface area contributed by atoms with Gasteiger partial charge in [0.15, 0.2) is 5.96 Å². The number of hydrogen-bond acceptors (Lipinski definition) is 3. The molecule has 0 spiro atoms. The summed E-state index contributed by atoms with van der Waals surface area (Å²) < 4.78 is 0. The minimum atomic E-state index is 0.151. The molecule has 0 aliphatic carbocycles. The number of amides is 1. The second kappa shape index (κ2) is 10.8. The van der Waals surface area contributed by atoms with E-state index in [4.69, 9.17) is 0 Å². The normalized spacial score (nSPS) is 14.8. The van der Waals surface area contributed by atoms with Crippen molar-refractivity contribution in [2.75, 3.05) is 39.8 Å². The molecule has 6 heteroatoms. The number of likely N-dealkylation sites (tertiary alicyclic amines) is 1. The molecule has 0 radical (unpaired) electrons. The van der Waals surface area contributed by atoms with E-state index in [-0.39, 0.29) is 5.91 Å². The van der Waals surface area contributed by atoms with Crippen LogP contribution in [-0.4, -0.2) is 61.4 Å². The molecule has 0 saturated carbocycles. The summed E-state index contributed by atoms with van der Waals surface area (Å²) in [6.45, 7) is 9.58. The van der Waals surface area contributed by atoms with Crippen LogP contribution in [0, 0.1) is 0 Å². The first-order valence-corrected chi connectivity index (χ1v) is 9.68. The summed E-state index contributed by atoms with van der Waals surface area (Å²) in [5.41, 5.74) is 2.47. The number of benzene rings is 1. The molecule has 1 saturated heterocycles. The lowest BCUT2D eigenvalue weighted by atomic mass is 10.1. The van der Waals surface area contributed by atoms with E-state index in [0.717, 1.165) is 45.6 Å². The average molecular weight is 360 g/mol. The summed E-state index contributed by atoms with van der Waals surface area (Å²) in [5, 5.41) is 6.38. The van der Waals surface area contributed by atoms with E-state index >= 15 is 0 Å². The van der Waals surface area contributed by atoms with Gasteiger partial charge in [-0.3, -0.25) is 4.79 Å². The van der Waals surface area contributed by atoms with Crippen LogP contribution in [0.5, 0.6) is 0 Å². The summed E-state index contributed by atoms with van der Waals surface area (Å²) in [4.78, 5) is 21.0. The molecule has 2 rings (SSSR count). The van der Waals surface area contributed by atoms with Crippen molar-refractivity contribution in [3.63, 3.8) is 0 Å². The Bertz CT molecular complexity index is 596. The zero-order chi connectivity index (χ0) is 18.8. The first-order chi connectivity index (χ1) is 12.6. The number of rotatable bonds is 8. The quantitative estimate of drug-likeness (QED) is 0.549. The number of nitrogens with zero attached hydrogens (tertiary/aromatic N) is 3. The van der Waals surface area contributed by atoms with Gasteiger partial charge in [0.25, 0.3) is 0 Å². The monoisotopic (exact) mass is 359 g/mol. The van der Waals surface area contributed by atoms with Crippen LogP contribution in [-0.2, 0) is 17.9 Å². The summed E-state index contributed by atoms with van der Waals surface area (Å²) in [6.07, 6.45) is 2.23. The molecule has 1 heterocycles. The van der Waals surface area contributed by atoms with Crippen molar-refractivity contribution < 1.29 is 4.79 Å². The minimum Gasteiger partial charge on any atom is -0.357 e. The van der Waals surface area contributed by atoms with Crippen LogP contribution in [0.2, 0.25) is 0 Å². The fraction of sp³-hybridized carbons (Fsp3) is 0.600. The predicted octanol–water partition coefficient (Wildman–Crippen LogP) is 1.82. The highest BCUT2D eigenvalue weighted by atomic mass is 16.2. The third kappa shape index (κ3) is 6.67. The standard InChI is InChI=1S/C20H33N5O/c1-4-21-20(23-15-19(26)25-11-6-7-12-25)22-14-17-9-8-10-18(13-17)16-24(3)5-2/h8-10,13H,4-7,11-12,14-16H2,1-3H3,(H2,21,22,23). The first kappa shape index (κ1) is 20.2. The Morgan fingerprint density at radius 2 is 1.92 bits per heavy atom. The molecule has 144 valence electrons. The first-order valence-electron chi connectivity index (χ1n) is 9.68. The number of hydrogen-bond donors (Lipinski definition) is 2. The molecule has 1 fully saturated rings. The van der Waals surface area contributed by atoms with E-state index in [0.29, 0.717) is 19.0 Å². The van der Waals surface area contributed by atoms with Gasteiger partial charge >= 0.3 is 0 Å². The molecule has 1 aromatic carbocycles. The minimum absolute atomic E-state index is 0.151. The molecule has 26 heavy (non-hydrogen) atoms. The fourth-order valence-corrected chi connectivity index (χ4v) is 3.00. The topological polar surface area (TPSA) is 60.0 Å². The van der Waals surface area contributed by atoms with Crippen molar-refractivity contribution in [3.05, 3.63) is 35.4 Å². The molecule has 0 unspecified atom stereocenters. The largest absolute Gasteiger partial charge is 0.357 e. The van der Waals surface area contributed by atoms with Gasteiger partial charge in [0.2, 0.25) is 5.91 Å². The van der Waals surface area contributed by atoms with Gasteiger partial charge in [-0.2, -0.15) is 0 Å². The second-order valence-corrected chi connectivity index (χ2v) is 6.79. The molecule has 1 aliphatic heterocycles. The van der Waals surface area contributed by atoms with E-state index in [9.17, 15) is 4.79 Å². The third-order valence-electron chi connectivity index (χ3n) is 4.61. The molecule has 0 atom stereocenters. The molecule has 1 amide bonds. The lowest BCUT2D eigenvalue weighted by Crippen LogP contribution is -2.44. The van der Waals surface area contributed by atoms with Gasteiger partial charge in [-0.1, -0.05) is 31.2 Å². The Kier molecular flexibility index (Phi) is 8.41. The van der Waals surface area contributed by atoms with E-state index in [1.54, 1.807) is 0 Å². The Balaban J connectivity index is 1.91. The van der Waals surface area contributed by atoms with Crippen LogP contribution >= 0.6 is 0 Å². The Morgan fingerprint density at radius 1 is 1.19 bits per heavy atom. The average Bonchev–Trinajstić information content (AvgIpc) is 3.19. The molecule has 1 aromatic rings. The number of guanidine groups is 1. The van der Waals surface area contributed by atoms with Crippen LogP contribution in [0.3, 0.4) is 0 Å². The van der Waals surface area contributed by atoms with Crippen LogP contribution in [0.1, 0.15) is 37.8 Å². The van der Waals surface area contributed by atoms with E-state index < -0.39 is 0 Å². The maximum absolute atomic E-state index is 12.2. The molecular weight excluding hydrogens is 326 g/mol. The van der Waals surface area contributed by atoms with E-state index in [2.05, 4.69) is 58.8 Å². The number of nitrogens with one attached hydrogen (secondary N) is 2. The molecule has 2 N–H and O–H groups in total. The molecule has 6 nitrogen and oxygen atoms in total. The van der Waals surface area contributed by atoms with E-state index in [1.807, 2.05) is 11.8 Å². The highest BCUT2D eigenvalue weighted by molar-refractivity contribution is 5.86. The number of carbonyl (C=O) groups excluding carboxylic acids is 1. The van der Waals surface area contributed by atoms with Crippen molar-refractivity contribution in [1.29, 1.82) is 0 Å². The summed E-state index contributed by atoms with van der Waals surface area (Å²) in [6, 6.07) is 8.53. The fourth-order valence-electron chi connectivity index (χ4n) is 3.00. The van der Waals surface area contributed by atoms with Gasteiger partial charge in [0.1, 0.15) is 0 Å². The summed E-state index contributed by atoms with van der Waals surface area (Å²) in [7, 11) is 2.12. The molecule has 0 aromatic heterocycles. The summed E-state index contributed by atoms with van der Waals surface area (Å²) >= 11 is 0. The molecule has 0 bridgehead atoms. The molecular formula is C20H33N5O. The number of carbonyl (C=O) groups is 1. The van der Waals surface area contributed by atoms with Gasteiger partial charge in [0, 0.05) is 26.2 Å². The van der Waals surface area contributed by atoms with Crippen LogP contribution < -0.4 is 10.6 Å². The highest BCUT2D eigenvalue weighted by Gasteiger charge is 2.17. The zero-order valence-electron chi connectivity index (χ0n) is 16.4. The van der Waals surface area contributed by atoms with Crippen molar-refractivity contribution in [2.45, 2.75) is 39.8 Å². The lowest BCUT2D eigenvalue weighted by Gasteiger charge is -2.17. The molecule has 1 aliphatic rings.